The summed E-state index contributed by atoms with van der Waals surface area (Å²) in [6.07, 6.45) is 0. The summed E-state index contributed by atoms with van der Waals surface area (Å²) in [5, 5.41) is 9.70. The fraction of sp³-hybridized carbons (Fsp3) is 0.250. The number of sulfonamides is 1. The Balaban J connectivity index is 1.90. The third-order valence-electron chi connectivity index (χ3n) is 2.94. The average molecular weight is 323 g/mol. The number of thiophene rings is 1. The minimum atomic E-state index is -3.52. The Morgan fingerprint density at radius 3 is 2.86 bits per heavy atom. The van der Waals surface area contributed by atoms with Crippen LogP contribution < -0.4 is 4.72 Å². The molecule has 9 heteroatoms. The van der Waals surface area contributed by atoms with E-state index in [2.05, 4.69) is 19.9 Å². The van der Waals surface area contributed by atoms with Gasteiger partial charge in [-0.3, -0.25) is 4.40 Å². The Kier molecular flexibility index (Phi) is 3.47. The van der Waals surface area contributed by atoms with Crippen molar-refractivity contribution in [3.05, 3.63) is 40.8 Å². The lowest BCUT2D eigenvalue weighted by Gasteiger charge is -2.06. The van der Waals surface area contributed by atoms with Gasteiger partial charge >= 0.3 is 0 Å². The van der Waals surface area contributed by atoms with Gasteiger partial charge in [-0.15, -0.1) is 21.5 Å². The Hall–Kier alpha value is -1.84. The molecule has 0 fully saturated rings. The van der Waals surface area contributed by atoms with Crippen LogP contribution in [-0.2, 0) is 16.6 Å². The Bertz CT molecular complexity index is 884. The normalized spacial score (nSPS) is 12.1. The second-order valence-electron chi connectivity index (χ2n) is 4.55. The van der Waals surface area contributed by atoms with Crippen molar-refractivity contribution in [3.63, 3.8) is 0 Å². The maximum atomic E-state index is 12.1. The molecule has 0 unspecified atom stereocenters. The number of rotatable bonds is 4. The first-order valence-electron chi connectivity index (χ1n) is 6.19. The molecule has 0 radical (unpaired) electrons. The lowest BCUT2D eigenvalue weighted by Crippen LogP contribution is -2.23. The molecule has 0 bridgehead atoms. The van der Waals surface area contributed by atoms with Crippen LogP contribution in [0.2, 0.25) is 0 Å². The fourth-order valence-corrected chi connectivity index (χ4v) is 4.08. The van der Waals surface area contributed by atoms with Crippen molar-refractivity contribution < 1.29 is 8.42 Å². The van der Waals surface area contributed by atoms with Gasteiger partial charge in [-0.05, 0) is 31.4 Å². The van der Waals surface area contributed by atoms with Crippen LogP contribution in [0.5, 0.6) is 0 Å². The monoisotopic (exact) mass is 323 g/mol. The van der Waals surface area contributed by atoms with Crippen molar-refractivity contribution >= 4 is 27.1 Å². The first-order valence-corrected chi connectivity index (χ1v) is 8.55. The first kappa shape index (κ1) is 14.1. The van der Waals surface area contributed by atoms with Crippen LogP contribution in [0.15, 0.2) is 27.8 Å². The number of nitrogens with one attached hydrogen (secondary N) is 1. The smallest absolute Gasteiger partial charge is 0.255 e. The molecule has 3 aromatic heterocycles. The number of hydrogen-bond donors (Lipinski definition) is 1. The van der Waals surface area contributed by atoms with Gasteiger partial charge < -0.3 is 0 Å². The van der Waals surface area contributed by atoms with E-state index in [9.17, 15) is 8.42 Å². The molecule has 3 aromatic rings. The molecule has 0 saturated heterocycles. The predicted molar refractivity (Wildman–Crippen MR) is 78.6 cm³/mol. The molecule has 21 heavy (non-hydrogen) atoms. The summed E-state index contributed by atoms with van der Waals surface area (Å²) in [6.45, 7) is 3.84. The number of nitrogens with zero attached hydrogens (tertiary/aromatic N) is 4. The molecule has 3 heterocycles. The van der Waals surface area contributed by atoms with Crippen LogP contribution in [0, 0.1) is 13.8 Å². The van der Waals surface area contributed by atoms with Gasteiger partial charge in [0.15, 0.2) is 5.82 Å². The van der Waals surface area contributed by atoms with Crippen molar-refractivity contribution in [1.82, 2.24) is 24.3 Å². The highest BCUT2D eigenvalue weighted by atomic mass is 32.2. The predicted octanol–water partition coefficient (Wildman–Crippen LogP) is 1.28. The standard InChI is InChI=1S/C12H13N5O2S2/c1-8-6-9(2)17-10(15-16-12(17)14-8)7-13-21(18,19)11-4-3-5-20-11/h3-6,13H,7H2,1-2H3. The van der Waals surface area contributed by atoms with Gasteiger partial charge in [-0.25, -0.2) is 18.1 Å². The van der Waals surface area contributed by atoms with Crippen LogP contribution in [0.1, 0.15) is 17.2 Å². The summed E-state index contributed by atoms with van der Waals surface area (Å²) in [5.74, 6) is 0.980. The molecular formula is C12H13N5O2S2. The van der Waals surface area contributed by atoms with E-state index >= 15 is 0 Å². The minimum absolute atomic E-state index is 0.0625. The molecule has 1 N–H and O–H groups in total. The molecule has 3 rings (SSSR count). The van der Waals surface area contributed by atoms with E-state index in [0.29, 0.717) is 11.6 Å². The Morgan fingerprint density at radius 1 is 1.33 bits per heavy atom. The van der Waals surface area contributed by atoms with Crippen LogP contribution in [-0.4, -0.2) is 28.0 Å². The van der Waals surface area contributed by atoms with Gasteiger partial charge in [-0.1, -0.05) is 6.07 Å². The highest BCUT2D eigenvalue weighted by Crippen LogP contribution is 2.16. The zero-order valence-electron chi connectivity index (χ0n) is 11.4. The molecule has 0 aliphatic rings. The van der Waals surface area contributed by atoms with Gasteiger partial charge in [0.05, 0.1) is 6.54 Å². The summed E-state index contributed by atoms with van der Waals surface area (Å²) in [5.41, 5.74) is 1.76. The molecule has 0 saturated carbocycles. The highest BCUT2D eigenvalue weighted by Gasteiger charge is 2.17. The number of aryl methyl sites for hydroxylation is 2. The topological polar surface area (TPSA) is 89.2 Å². The number of hydrogen-bond acceptors (Lipinski definition) is 6. The molecule has 7 nitrogen and oxygen atoms in total. The van der Waals surface area contributed by atoms with Gasteiger partial charge in [-0.2, -0.15) is 0 Å². The van der Waals surface area contributed by atoms with Crippen molar-refractivity contribution in [2.45, 2.75) is 24.6 Å². The minimum Gasteiger partial charge on any atom is -0.266 e. The van der Waals surface area contributed by atoms with Crippen molar-refractivity contribution in [3.8, 4) is 0 Å². The molecule has 0 aliphatic carbocycles. The fourth-order valence-electron chi connectivity index (χ4n) is 2.06. The SMILES string of the molecule is Cc1cc(C)n2c(CNS(=O)(=O)c3cccs3)nnc2n1. The van der Waals surface area contributed by atoms with E-state index in [-0.39, 0.29) is 10.8 Å². The van der Waals surface area contributed by atoms with Crippen LogP contribution >= 0.6 is 11.3 Å². The Labute approximate surface area is 125 Å². The van der Waals surface area contributed by atoms with E-state index in [1.165, 1.54) is 11.3 Å². The average Bonchev–Trinajstić information content (AvgIpc) is 3.05. The summed E-state index contributed by atoms with van der Waals surface area (Å²) >= 11 is 1.17. The molecule has 0 spiro atoms. The van der Waals surface area contributed by atoms with E-state index < -0.39 is 10.0 Å². The van der Waals surface area contributed by atoms with Crippen LogP contribution in [0.25, 0.3) is 5.78 Å². The third-order valence-corrected chi connectivity index (χ3v) is 5.74. The molecule has 110 valence electrons. The molecule has 0 amide bonds. The summed E-state index contributed by atoms with van der Waals surface area (Å²) < 4.78 is 28.7. The Morgan fingerprint density at radius 2 is 2.14 bits per heavy atom. The van der Waals surface area contributed by atoms with Crippen molar-refractivity contribution in [2.24, 2.45) is 0 Å². The van der Waals surface area contributed by atoms with Gasteiger partial charge in [0, 0.05) is 11.4 Å². The molecule has 0 atom stereocenters. The largest absolute Gasteiger partial charge is 0.266 e. The first-order chi connectivity index (χ1) is 9.97. The summed E-state index contributed by atoms with van der Waals surface area (Å²) in [7, 11) is -3.52. The molecule has 0 aliphatic heterocycles. The van der Waals surface area contributed by atoms with Gasteiger partial charge in [0.2, 0.25) is 10.0 Å². The van der Waals surface area contributed by atoms with E-state index in [1.54, 1.807) is 21.9 Å². The quantitative estimate of drug-likeness (QED) is 0.781. The van der Waals surface area contributed by atoms with E-state index in [0.717, 1.165) is 11.4 Å². The van der Waals surface area contributed by atoms with Crippen LogP contribution in [0.4, 0.5) is 0 Å². The van der Waals surface area contributed by atoms with Crippen molar-refractivity contribution in [1.29, 1.82) is 0 Å². The summed E-state index contributed by atoms with van der Waals surface area (Å²) in [4.78, 5) is 4.27. The van der Waals surface area contributed by atoms with Gasteiger partial charge in [0.1, 0.15) is 4.21 Å². The lowest BCUT2D eigenvalue weighted by atomic mass is 10.3. The molecule has 0 aromatic carbocycles. The summed E-state index contributed by atoms with van der Waals surface area (Å²) in [6, 6.07) is 5.15. The van der Waals surface area contributed by atoms with Crippen LogP contribution in [0.3, 0.4) is 0 Å². The zero-order valence-corrected chi connectivity index (χ0v) is 13.1. The van der Waals surface area contributed by atoms with Crippen molar-refractivity contribution in [2.75, 3.05) is 0 Å². The maximum absolute atomic E-state index is 12.1. The second-order valence-corrected chi connectivity index (χ2v) is 7.49. The van der Waals surface area contributed by atoms with E-state index in [4.69, 9.17) is 0 Å². The lowest BCUT2D eigenvalue weighted by molar-refractivity contribution is 0.580. The highest BCUT2D eigenvalue weighted by molar-refractivity contribution is 7.91. The number of aromatic nitrogens is 4. The molecular weight excluding hydrogens is 310 g/mol. The third kappa shape index (κ3) is 2.67. The maximum Gasteiger partial charge on any atom is 0.255 e. The second kappa shape index (κ2) is 5.17. The number of fused-ring (bicyclic) bond motifs is 1. The zero-order chi connectivity index (χ0) is 15.0. The van der Waals surface area contributed by atoms with E-state index in [1.807, 2.05) is 19.9 Å². The van der Waals surface area contributed by atoms with Gasteiger partial charge in [0.25, 0.3) is 5.78 Å².